The van der Waals surface area contributed by atoms with Crippen molar-refractivity contribution in [2.24, 2.45) is 5.73 Å². The summed E-state index contributed by atoms with van der Waals surface area (Å²) < 4.78 is 11.9. The Morgan fingerprint density at radius 1 is 1.31 bits per heavy atom. The third kappa shape index (κ3) is 2.88. The Labute approximate surface area is 148 Å². The highest BCUT2D eigenvalue weighted by atomic mass is 16.6. The monoisotopic (exact) mass is 364 g/mol. The van der Waals surface area contributed by atoms with Crippen molar-refractivity contribution < 1.29 is 29.6 Å². The number of benzene rings is 1. The molecule has 4 atom stereocenters. The van der Waals surface area contributed by atoms with Gasteiger partial charge in [-0.3, -0.25) is 9.36 Å². The van der Waals surface area contributed by atoms with Crippen LogP contribution in [0, 0.1) is 0 Å². The molecular formula is C16H20N4O6. The lowest BCUT2D eigenvalue weighted by molar-refractivity contribution is -0.0510. The maximum Gasteiger partial charge on any atom is 0.271 e. The average Bonchev–Trinajstić information content (AvgIpc) is 3.12. The zero-order chi connectivity index (χ0) is 19.0. The maximum atomic E-state index is 11.7. The lowest BCUT2D eigenvalue weighted by Crippen LogP contribution is -2.33. The van der Waals surface area contributed by atoms with Gasteiger partial charge in [0.2, 0.25) is 0 Å². The van der Waals surface area contributed by atoms with Crippen molar-refractivity contribution in [1.29, 1.82) is 0 Å². The molecule has 1 fully saturated rings. The van der Waals surface area contributed by atoms with Gasteiger partial charge in [-0.05, 0) is 24.3 Å². The molecule has 1 aliphatic rings. The molecule has 1 aromatic carbocycles. The van der Waals surface area contributed by atoms with Crippen molar-refractivity contribution in [2.75, 3.05) is 19.5 Å². The molecule has 2 aromatic rings. The number of nitrogens with two attached hydrogens (primary N) is 2. The first-order valence-corrected chi connectivity index (χ1v) is 7.83. The number of nitrogens with zero attached hydrogens (tertiary/aromatic N) is 2. The number of methoxy groups -OCH3 is 1. The summed E-state index contributed by atoms with van der Waals surface area (Å²) in [7, 11) is 1.53. The SMILES string of the molecule is COc1ccc(-c2nc(C(N)=O)c(N)n2[C@@H]2O[C@H](CO)[C@@H](O)[C@H]2O)cc1. The molecular weight excluding hydrogens is 344 g/mol. The Balaban J connectivity index is 2.12. The van der Waals surface area contributed by atoms with E-state index >= 15 is 0 Å². The van der Waals surface area contributed by atoms with Crippen LogP contribution in [0.5, 0.6) is 5.75 Å². The summed E-state index contributed by atoms with van der Waals surface area (Å²) in [6.07, 6.45) is -4.87. The van der Waals surface area contributed by atoms with Crippen molar-refractivity contribution in [1.82, 2.24) is 9.55 Å². The molecule has 10 heteroatoms. The third-order valence-electron chi connectivity index (χ3n) is 4.30. The maximum absolute atomic E-state index is 11.7. The zero-order valence-corrected chi connectivity index (χ0v) is 13.9. The largest absolute Gasteiger partial charge is 0.497 e. The molecule has 1 aromatic heterocycles. The molecule has 0 unspecified atom stereocenters. The third-order valence-corrected chi connectivity index (χ3v) is 4.30. The van der Waals surface area contributed by atoms with E-state index in [1.54, 1.807) is 24.3 Å². The second-order valence-electron chi connectivity index (χ2n) is 5.86. The van der Waals surface area contributed by atoms with Crippen LogP contribution in [-0.2, 0) is 4.74 Å². The van der Waals surface area contributed by atoms with E-state index in [9.17, 15) is 20.1 Å². The van der Waals surface area contributed by atoms with E-state index in [0.717, 1.165) is 0 Å². The molecule has 2 heterocycles. The summed E-state index contributed by atoms with van der Waals surface area (Å²) >= 11 is 0. The van der Waals surface area contributed by atoms with E-state index in [1.807, 2.05) is 0 Å². The molecule has 1 amide bonds. The summed E-state index contributed by atoms with van der Waals surface area (Å²) in [6.45, 7) is -0.496. The van der Waals surface area contributed by atoms with Crippen LogP contribution in [0.4, 0.5) is 5.82 Å². The molecule has 0 spiro atoms. The predicted molar refractivity (Wildman–Crippen MR) is 90.2 cm³/mol. The van der Waals surface area contributed by atoms with Gasteiger partial charge >= 0.3 is 0 Å². The fraction of sp³-hybridized carbons (Fsp3) is 0.375. The number of aliphatic hydroxyl groups is 3. The van der Waals surface area contributed by atoms with Gasteiger partial charge in [-0.25, -0.2) is 4.98 Å². The number of primary amides is 1. The van der Waals surface area contributed by atoms with E-state index in [4.69, 9.17) is 20.9 Å². The molecule has 0 radical (unpaired) electrons. The molecule has 3 rings (SSSR count). The fourth-order valence-corrected chi connectivity index (χ4v) is 2.92. The first-order valence-electron chi connectivity index (χ1n) is 7.83. The summed E-state index contributed by atoms with van der Waals surface area (Å²) in [5, 5.41) is 29.6. The van der Waals surface area contributed by atoms with Crippen LogP contribution < -0.4 is 16.2 Å². The van der Waals surface area contributed by atoms with Crippen LogP contribution in [0.1, 0.15) is 16.7 Å². The Bertz CT molecular complexity index is 806. The summed E-state index contributed by atoms with van der Waals surface area (Å²) in [4.78, 5) is 15.8. The predicted octanol–water partition coefficient (Wildman–Crippen LogP) is -1.15. The lowest BCUT2D eigenvalue weighted by Gasteiger charge is -2.20. The molecule has 1 aliphatic heterocycles. The van der Waals surface area contributed by atoms with Crippen LogP contribution in [0.3, 0.4) is 0 Å². The smallest absolute Gasteiger partial charge is 0.271 e. The molecule has 1 saturated heterocycles. The topological polar surface area (TPSA) is 166 Å². The van der Waals surface area contributed by atoms with Gasteiger partial charge < -0.3 is 36.3 Å². The van der Waals surface area contributed by atoms with E-state index in [-0.39, 0.29) is 17.3 Å². The standard InChI is InChI=1S/C16H20N4O6/c1-25-8-4-2-7(3-5-8)15-19-10(14(18)24)13(17)20(15)16-12(23)11(22)9(6-21)26-16/h2-5,9,11-12,16,21-23H,6,17H2,1H3,(H2,18,24)/t9-,11-,12-,16-/m1/s1. The molecule has 0 aliphatic carbocycles. The zero-order valence-electron chi connectivity index (χ0n) is 13.9. The minimum absolute atomic E-state index is 0.113. The van der Waals surface area contributed by atoms with Gasteiger partial charge in [-0.15, -0.1) is 0 Å². The van der Waals surface area contributed by atoms with E-state index < -0.39 is 37.1 Å². The van der Waals surface area contributed by atoms with E-state index in [2.05, 4.69) is 4.98 Å². The molecule has 10 nitrogen and oxygen atoms in total. The summed E-state index contributed by atoms with van der Waals surface area (Å²) in [5.74, 6) is -0.127. The number of amides is 1. The minimum Gasteiger partial charge on any atom is -0.497 e. The van der Waals surface area contributed by atoms with Crippen LogP contribution in [-0.4, -0.2) is 62.8 Å². The number of hydrogen-bond acceptors (Lipinski definition) is 8. The molecule has 140 valence electrons. The second kappa shape index (κ2) is 6.92. The number of nitrogen functional groups attached to an aromatic ring is 1. The number of imidazole rings is 1. The van der Waals surface area contributed by atoms with Gasteiger partial charge in [0.15, 0.2) is 11.9 Å². The van der Waals surface area contributed by atoms with Gasteiger partial charge in [0, 0.05) is 5.56 Å². The summed E-state index contributed by atoms with van der Waals surface area (Å²) in [5.41, 5.74) is 11.7. The minimum atomic E-state index is -1.39. The van der Waals surface area contributed by atoms with Gasteiger partial charge in [-0.2, -0.15) is 0 Å². The highest BCUT2D eigenvalue weighted by Crippen LogP contribution is 2.36. The number of carbonyl (C=O) groups excluding carboxylic acids is 1. The van der Waals surface area contributed by atoms with Crippen molar-refractivity contribution in [3.8, 4) is 17.1 Å². The molecule has 0 bridgehead atoms. The Kier molecular flexibility index (Phi) is 4.83. The highest BCUT2D eigenvalue weighted by molar-refractivity contribution is 5.96. The second-order valence-corrected chi connectivity index (χ2v) is 5.86. The van der Waals surface area contributed by atoms with Crippen molar-refractivity contribution in [3.05, 3.63) is 30.0 Å². The van der Waals surface area contributed by atoms with Crippen molar-refractivity contribution >= 4 is 11.7 Å². The molecule has 0 saturated carbocycles. The molecule has 7 N–H and O–H groups in total. The Morgan fingerprint density at radius 2 is 1.96 bits per heavy atom. The quantitative estimate of drug-likeness (QED) is 0.443. The first-order chi connectivity index (χ1) is 12.4. The van der Waals surface area contributed by atoms with Crippen LogP contribution >= 0.6 is 0 Å². The van der Waals surface area contributed by atoms with Gasteiger partial charge in [0.05, 0.1) is 13.7 Å². The van der Waals surface area contributed by atoms with Gasteiger partial charge in [-0.1, -0.05) is 0 Å². The van der Waals surface area contributed by atoms with Gasteiger partial charge in [0.1, 0.15) is 35.7 Å². The molecule has 26 heavy (non-hydrogen) atoms. The number of aromatic nitrogens is 2. The van der Waals surface area contributed by atoms with Crippen molar-refractivity contribution in [3.63, 3.8) is 0 Å². The first kappa shape index (κ1) is 18.1. The number of aliphatic hydroxyl groups excluding tert-OH is 3. The van der Waals surface area contributed by atoms with Crippen LogP contribution in [0.15, 0.2) is 24.3 Å². The Hall–Kier alpha value is -2.66. The fourth-order valence-electron chi connectivity index (χ4n) is 2.92. The van der Waals surface area contributed by atoms with Gasteiger partial charge in [0.25, 0.3) is 5.91 Å². The van der Waals surface area contributed by atoms with E-state index in [0.29, 0.717) is 11.3 Å². The Morgan fingerprint density at radius 3 is 2.46 bits per heavy atom. The average molecular weight is 364 g/mol. The number of carbonyl (C=O) groups is 1. The number of anilines is 1. The van der Waals surface area contributed by atoms with Crippen LogP contribution in [0.25, 0.3) is 11.4 Å². The van der Waals surface area contributed by atoms with Crippen LogP contribution in [0.2, 0.25) is 0 Å². The normalized spacial score (nSPS) is 25.4. The lowest BCUT2D eigenvalue weighted by atomic mass is 10.1. The van der Waals surface area contributed by atoms with E-state index in [1.165, 1.54) is 11.7 Å². The number of rotatable bonds is 5. The number of ether oxygens (including phenoxy) is 2. The number of hydrogen-bond donors (Lipinski definition) is 5. The van der Waals surface area contributed by atoms with Crippen molar-refractivity contribution in [2.45, 2.75) is 24.5 Å². The highest BCUT2D eigenvalue weighted by Gasteiger charge is 2.45. The summed E-state index contributed by atoms with van der Waals surface area (Å²) in [6, 6.07) is 6.74.